The lowest BCUT2D eigenvalue weighted by Crippen LogP contribution is -2.36. The average molecular weight is 359 g/mol. The van der Waals surface area contributed by atoms with E-state index in [1.54, 1.807) is 6.92 Å². The number of hydrogen-bond donors (Lipinski definition) is 1. The van der Waals surface area contributed by atoms with Crippen molar-refractivity contribution in [2.24, 2.45) is 0 Å². The molecule has 6 nitrogen and oxygen atoms in total. The second kappa shape index (κ2) is 8.83. The monoisotopic (exact) mass is 359 g/mol. The number of aryl methyl sites for hydroxylation is 2. The quantitative estimate of drug-likeness (QED) is 0.779. The van der Waals surface area contributed by atoms with Crippen LogP contribution in [0.2, 0.25) is 0 Å². The van der Waals surface area contributed by atoms with E-state index in [9.17, 15) is 4.79 Å². The van der Waals surface area contributed by atoms with Crippen molar-refractivity contribution in [2.45, 2.75) is 65.3 Å². The van der Waals surface area contributed by atoms with Crippen LogP contribution in [0.25, 0.3) is 0 Å². The van der Waals surface area contributed by atoms with E-state index in [-0.39, 0.29) is 17.4 Å². The van der Waals surface area contributed by atoms with Gasteiger partial charge in [-0.05, 0) is 43.4 Å². The molecule has 142 valence electrons. The van der Waals surface area contributed by atoms with Gasteiger partial charge in [0.1, 0.15) is 12.4 Å². The van der Waals surface area contributed by atoms with Crippen molar-refractivity contribution >= 4 is 5.91 Å². The highest BCUT2D eigenvalue weighted by Crippen LogP contribution is 2.24. The highest BCUT2D eigenvalue weighted by atomic mass is 16.5. The van der Waals surface area contributed by atoms with Crippen LogP contribution >= 0.6 is 0 Å². The zero-order valence-electron chi connectivity index (χ0n) is 16.3. The topological polar surface area (TPSA) is 77.2 Å². The van der Waals surface area contributed by atoms with Gasteiger partial charge < -0.3 is 14.6 Å². The molecule has 6 heteroatoms. The first kappa shape index (κ1) is 19.9. The van der Waals surface area contributed by atoms with Crippen LogP contribution in [0.5, 0.6) is 5.75 Å². The van der Waals surface area contributed by atoms with Crippen LogP contribution in [-0.4, -0.2) is 28.7 Å². The number of aromatic nitrogens is 2. The smallest absolute Gasteiger partial charge is 0.226 e. The zero-order chi connectivity index (χ0) is 19.2. The van der Waals surface area contributed by atoms with Gasteiger partial charge in [-0.3, -0.25) is 4.79 Å². The van der Waals surface area contributed by atoms with Crippen LogP contribution in [0.3, 0.4) is 0 Å². The minimum Gasteiger partial charge on any atom is -0.491 e. The normalized spacial score (nSPS) is 12.7. The third-order valence-corrected chi connectivity index (χ3v) is 3.99. The van der Waals surface area contributed by atoms with Crippen LogP contribution in [0, 0.1) is 6.92 Å². The number of benzene rings is 1. The van der Waals surface area contributed by atoms with E-state index in [0.717, 1.165) is 5.75 Å². The van der Waals surface area contributed by atoms with E-state index in [2.05, 4.69) is 48.4 Å². The fourth-order valence-electron chi connectivity index (χ4n) is 2.50. The van der Waals surface area contributed by atoms with Gasteiger partial charge in [0.2, 0.25) is 11.8 Å². The Hall–Kier alpha value is -2.37. The molecule has 0 aliphatic rings. The number of amides is 1. The van der Waals surface area contributed by atoms with Crippen molar-refractivity contribution in [1.29, 1.82) is 0 Å². The van der Waals surface area contributed by atoms with Gasteiger partial charge in [-0.2, -0.15) is 4.98 Å². The molecule has 2 rings (SSSR count). The van der Waals surface area contributed by atoms with Gasteiger partial charge in [0.25, 0.3) is 0 Å². The van der Waals surface area contributed by atoms with Gasteiger partial charge in [-0.15, -0.1) is 0 Å². The van der Waals surface area contributed by atoms with Crippen molar-refractivity contribution < 1.29 is 14.1 Å². The maximum atomic E-state index is 12.0. The lowest BCUT2D eigenvalue weighted by atomic mass is 9.87. The Morgan fingerprint density at radius 1 is 1.27 bits per heavy atom. The van der Waals surface area contributed by atoms with Crippen molar-refractivity contribution in [3.8, 4) is 5.75 Å². The summed E-state index contributed by atoms with van der Waals surface area (Å²) < 4.78 is 10.8. The summed E-state index contributed by atoms with van der Waals surface area (Å²) in [4.78, 5) is 16.1. The van der Waals surface area contributed by atoms with Gasteiger partial charge in [0.05, 0.1) is 6.04 Å². The molecule has 1 atom stereocenters. The van der Waals surface area contributed by atoms with Gasteiger partial charge in [-0.1, -0.05) is 38.1 Å². The second-order valence-corrected chi connectivity index (χ2v) is 7.64. The molecule has 0 spiro atoms. The molecule has 1 heterocycles. The van der Waals surface area contributed by atoms with Crippen molar-refractivity contribution in [3.05, 3.63) is 41.5 Å². The number of nitrogens with zero attached hydrogens (tertiary/aromatic N) is 2. The van der Waals surface area contributed by atoms with Crippen LogP contribution in [0.1, 0.15) is 57.8 Å². The number of carbonyl (C=O) groups excluding carboxylic acids is 1. The summed E-state index contributed by atoms with van der Waals surface area (Å²) in [6.45, 7) is 10.7. The van der Waals surface area contributed by atoms with Crippen molar-refractivity contribution in [3.63, 3.8) is 0 Å². The number of rotatable bonds is 8. The lowest BCUT2D eigenvalue weighted by Gasteiger charge is -2.20. The maximum Gasteiger partial charge on any atom is 0.226 e. The molecular weight excluding hydrogens is 330 g/mol. The molecule has 0 radical (unpaired) electrons. The molecule has 1 unspecified atom stereocenters. The molecule has 1 amide bonds. The average Bonchev–Trinajstić information content (AvgIpc) is 2.98. The molecular formula is C20H29N3O3. The molecule has 0 bridgehead atoms. The standard InChI is InChI=1S/C20H29N3O3/c1-14(13-25-17-11-9-16(10-12-17)20(3,4)5)21-18(24)7-6-8-19-22-15(2)23-26-19/h9-12,14H,6-8,13H2,1-5H3,(H,21,24). The van der Waals surface area contributed by atoms with Crippen LogP contribution in [-0.2, 0) is 16.6 Å². The predicted molar refractivity (Wildman–Crippen MR) is 100 cm³/mol. The number of nitrogens with one attached hydrogen (secondary N) is 1. The Labute approximate surface area is 155 Å². The molecule has 1 N–H and O–H groups in total. The van der Waals surface area contributed by atoms with Gasteiger partial charge in [-0.25, -0.2) is 0 Å². The SMILES string of the molecule is Cc1noc(CCCC(=O)NC(C)COc2ccc(C(C)(C)C)cc2)n1. The number of ether oxygens (including phenoxy) is 1. The summed E-state index contributed by atoms with van der Waals surface area (Å²) in [6.07, 6.45) is 1.71. The molecule has 0 fully saturated rings. The Morgan fingerprint density at radius 3 is 2.54 bits per heavy atom. The van der Waals surface area contributed by atoms with Gasteiger partial charge in [0, 0.05) is 12.8 Å². The van der Waals surface area contributed by atoms with Crippen molar-refractivity contribution in [2.75, 3.05) is 6.61 Å². The summed E-state index contributed by atoms with van der Waals surface area (Å²) in [6, 6.07) is 8.05. The predicted octanol–water partition coefficient (Wildman–Crippen LogP) is 3.58. The maximum absolute atomic E-state index is 12.0. The van der Waals surface area contributed by atoms with E-state index in [1.165, 1.54) is 5.56 Å². The zero-order valence-corrected chi connectivity index (χ0v) is 16.3. The Kier molecular flexibility index (Phi) is 6.77. The van der Waals surface area contributed by atoms with Crippen molar-refractivity contribution in [1.82, 2.24) is 15.5 Å². The highest BCUT2D eigenvalue weighted by molar-refractivity contribution is 5.76. The minimum absolute atomic E-state index is 0.000387. The molecule has 0 aliphatic heterocycles. The Bertz CT molecular complexity index is 702. The lowest BCUT2D eigenvalue weighted by molar-refractivity contribution is -0.122. The van der Waals surface area contributed by atoms with Gasteiger partial charge in [0.15, 0.2) is 5.82 Å². The fraction of sp³-hybridized carbons (Fsp3) is 0.550. The van der Waals surface area contributed by atoms with Crippen LogP contribution in [0.4, 0.5) is 0 Å². The Morgan fingerprint density at radius 2 is 1.96 bits per heavy atom. The molecule has 0 saturated carbocycles. The summed E-state index contributed by atoms with van der Waals surface area (Å²) in [5.41, 5.74) is 1.39. The number of hydrogen-bond acceptors (Lipinski definition) is 5. The first-order valence-corrected chi connectivity index (χ1v) is 9.06. The molecule has 1 aromatic carbocycles. The minimum atomic E-state index is -0.0598. The van der Waals surface area contributed by atoms with E-state index >= 15 is 0 Å². The van der Waals surface area contributed by atoms with E-state index in [1.807, 2.05) is 19.1 Å². The first-order chi connectivity index (χ1) is 12.2. The highest BCUT2D eigenvalue weighted by Gasteiger charge is 2.13. The summed E-state index contributed by atoms with van der Waals surface area (Å²) >= 11 is 0. The van der Waals surface area contributed by atoms with E-state index < -0.39 is 0 Å². The first-order valence-electron chi connectivity index (χ1n) is 9.06. The number of carbonyl (C=O) groups is 1. The molecule has 2 aromatic rings. The third kappa shape index (κ3) is 6.50. The summed E-state index contributed by atoms with van der Waals surface area (Å²) in [5, 5.41) is 6.68. The third-order valence-electron chi connectivity index (χ3n) is 3.99. The van der Waals surface area contributed by atoms with E-state index in [4.69, 9.17) is 9.26 Å². The Balaban J connectivity index is 1.67. The largest absolute Gasteiger partial charge is 0.491 e. The molecule has 0 aliphatic carbocycles. The molecule has 1 aromatic heterocycles. The fourth-order valence-corrected chi connectivity index (χ4v) is 2.50. The molecule has 26 heavy (non-hydrogen) atoms. The van der Waals surface area contributed by atoms with E-state index in [0.29, 0.717) is 37.6 Å². The summed E-state index contributed by atoms with van der Waals surface area (Å²) in [7, 11) is 0. The van der Waals surface area contributed by atoms with Gasteiger partial charge >= 0.3 is 0 Å². The second-order valence-electron chi connectivity index (χ2n) is 7.64. The molecule has 0 saturated heterocycles. The van der Waals surface area contributed by atoms with Crippen LogP contribution < -0.4 is 10.1 Å². The van der Waals surface area contributed by atoms with Crippen LogP contribution in [0.15, 0.2) is 28.8 Å². The summed E-state index contributed by atoms with van der Waals surface area (Å²) in [5.74, 6) is 2.00.